The van der Waals surface area contributed by atoms with E-state index in [1.54, 1.807) is 13.8 Å². The van der Waals surface area contributed by atoms with Gasteiger partial charge < -0.3 is 27.2 Å². The molecule has 0 amide bonds. The monoisotopic (exact) mass is 434 g/mol. The number of hydrogen-bond acceptors (Lipinski definition) is 8. The third kappa shape index (κ3) is 13.8. The summed E-state index contributed by atoms with van der Waals surface area (Å²) < 4.78 is 32.9. The first-order valence-electron chi connectivity index (χ1n) is 9.07. The quantitative estimate of drug-likeness (QED) is 0.168. The first-order chi connectivity index (χ1) is 12.9. The molecule has 0 rings (SSSR count). The zero-order valence-electron chi connectivity index (χ0n) is 17.9. The van der Waals surface area contributed by atoms with Crippen molar-refractivity contribution in [1.29, 1.82) is 0 Å². The summed E-state index contributed by atoms with van der Waals surface area (Å²) in [5, 5.41) is 0. The van der Waals surface area contributed by atoms with Crippen LogP contribution in [-0.4, -0.2) is 68.7 Å². The zero-order valence-corrected chi connectivity index (χ0v) is 19.9. The van der Waals surface area contributed by atoms with E-state index in [4.69, 9.17) is 27.2 Å². The van der Waals surface area contributed by atoms with Crippen molar-refractivity contribution in [3.8, 4) is 0 Å². The Kier molecular flexibility index (Phi) is 12.4. The van der Waals surface area contributed by atoms with Crippen LogP contribution in [0.5, 0.6) is 0 Å². The highest BCUT2D eigenvalue weighted by Gasteiger charge is 2.27. The van der Waals surface area contributed by atoms with E-state index in [-0.39, 0.29) is 26.4 Å². The lowest BCUT2D eigenvalue weighted by Crippen LogP contribution is -2.40. The maximum Gasteiger partial charge on any atom is 0.333 e. The van der Waals surface area contributed by atoms with Crippen molar-refractivity contribution < 1.29 is 36.8 Å². The molecule has 0 aromatic heterocycles. The van der Waals surface area contributed by atoms with Crippen LogP contribution >= 0.6 is 0 Å². The van der Waals surface area contributed by atoms with Gasteiger partial charge in [0.15, 0.2) is 0 Å². The van der Waals surface area contributed by atoms with Gasteiger partial charge in [0.2, 0.25) is 0 Å². The van der Waals surface area contributed by atoms with Gasteiger partial charge in [-0.05, 0) is 40.0 Å². The second kappa shape index (κ2) is 13.0. The van der Waals surface area contributed by atoms with Gasteiger partial charge in [0.1, 0.15) is 13.2 Å². The Morgan fingerprint density at radius 2 is 0.857 bits per heavy atom. The van der Waals surface area contributed by atoms with Gasteiger partial charge in [-0.15, -0.1) is 0 Å². The summed E-state index contributed by atoms with van der Waals surface area (Å²) in [6.45, 7) is 19.4. The van der Waals surface area contributed by atoms with Crippen molar-refractivity contribution in [1.82, 2.24) is 0 Å². The lowest BCUT2D eigenvalue weighted by molar-refractivity contribution is -0.140. The molecular formula is C18H34O8Si2. The highest BCUT2D eigenvalue weighted by atomic mass is 28.4. The second-order valence-corrected chi connectivity index (χ2v) is 13.8. The summed E-state index contributed by atoms with van der Waals surface area (Å²) in [4.78, 5) is 22.6. The van der Waals surface area contributed by atoms with E-state index in [0.717, 1.165) is 0 Å². The molecule has 10 heteroatoms. The third-order valence-corrected chi connectivity index (χ3v) is 6.81. The Bertz CT molecular complexity index is 498. The van der Waals surface area contributed by atoms with Crippen molar-refractivity contribution >= 4 is 29.1 Å². The van der Waals surface area contributed by atoms with Crippen molar-refractivity contribution in [2.24, 2.45) is 0 Å². The Hall–Kier alpha value is -1.31. The standard InChI is InChI=1S/C18H34O8Si2/c1-15(2)17(19)21-9-11-23-27(5,6)25-13-14-26-28(7,8)24-12-10-22-18(20)16(3)4/h1,3,9-14H2,2,4-8H3. The van der Waals surface area contributed by atoms with Gasteiger partial charge in [-0.3, -0.25) is 0 Å². The maximum absolute atomic E-state index is 11.3. The smallest absolute Gasteiger partial charge is 0.333 e. The molecule has 0 saturated heterocycles. The van der Waals surface area contributed by atoms with Crippen molar-refractivity contribution in [2.75, 3.05) is 39.6 Å². The van der Waals surface area contributed by atoms with Gasteiger partial charge in [0, 0.05) is 11.1 Å². The molecule has 0 aromatic rings. The first-order valence-corrected chi connectivity index (χ1v) is 14.7. The molecule has 0 spiro atoms. The summed E-state index contributed by atoms with van der Waals surface area (Å²) in [6.07, 6.45) is 0. The summed E-state index contributed by atoms with van der Waals surface area (Å²) in [5.74, 6) is -0.863. The average molecular weight is 435 g/mol. The van der Waals surface area contributed by atoms with Crippen LogP contribution in [0.4, 0.5) is 0 Å². The van der Waals surface area contributed by atoms with Gasteiger partial charge in [-0.1, -0.05) is 13.2 Å². The molecule has 0 atom stereocenters. The fraction of sp³-hybridized carbons (Fsp3) is 0.667. The summed E-state index contributed by atoms with van der Waals surface area (Å²) in [5.41, 5.74) is 0.709. The van der Waals surface area contributed by atoms with Crippen molar-refractivity contribution in [2.45, 2.75) is 40.0 Å². The molecule has 28 heavy (non-hydrogen) atoms. The maximum atomic E-state index is 11.3. The molecule has 0 aliphatic carbocycles. The second-order valence-electron chi connectivity index (χ2n) is 7.03. The van der Waals surface area contributed by atoms with Crippen LogP contribution in [0, 0.1) is 0 Å². The summed E-state index contributed by atoms with van der Waals surface area (Å²) in [7, 11) is -4.68. The Balaban J connectivity index is 3.91. The zero-order chi connectivity index (χ0) is 21.8. The number of esters is 2. The number of carbonyl (C=O) groups excluding carboxylic acids is 2. The van der Waals surface area contributed by atoms with E-state index >= 15 is 0 Å². The minimum Gasteiger partial charge on any atom is -0.460 e. The average Bonchev–Trinajstić information content (AvgIpc) is 2.59. The van der Waals surface area contributed by atoms with E-state index in [1.165, 1.54) is 0 Å². The lowest BCUT2D eigenvalue weighted by atomic mass is 10.4. The Morgan fingerprint density at radius 1 is 0.607 bits per heavy atom. The first kappa shape index (κ1) is 26.7. The summed E-state index contributed by atoms with van der Waals surface area (Å²) >= 11 is 0. The van der Waals surface area contributed by atoms with Gasteiger partial charge >= 0.3 is 29.1 Å². The van der Waals surface area contributed by atoms with Gasteiger partial charge in [-0.2, -0.15) is 0 Å². The number of rotatable bonds is 15. The van der Waals surface area contributed by atoms with Crippen molar-refractivity contribution in [3.05, 3.63) is 24.3 Å². The van der Waals surface area contributed by atoms with Crippen LogP contribution < -0.4 is 0 Å². The molecule has 0 fully saturated rings. The number of ether oxygens (including phenoxy) is 2. The van der Waals surface area contributed by atoms with Crippen LogP contribution in [0.3, 0.4) is 0 Å². The minimum absolute atomic E-state index is 0.158. The lowest BCUT2D eigenvalue weighted by Gasteiger charge is -2.26. The van der Waals surface area contributed by atoms with Gasteiger partial charge in [0.25, 0.3) is 0 Å². The van der Waals surface area contributed by atoms with Crippen molar-refractivity contribution in [3.63, 3.8) is 0 Å². The largest absolute Gasteiger partial charge is 0.460 e. The third-order valence-electron chi connectivity index (χ3n) is 3.21. The van der Waals surface area contributed by atoms with Gasteiger partial charge in [-0.25, -0.2) is 9.59 Å². The molecule has 0 aromatic carbocycles. The molecule has 0 unspecified atom stereocenters. The highest BCUT2D eigenvalue weighted by Crippen LogP contribution is 2.09. The highest BCUT2D eigenvalue weighted by molar-refractivity contribution is 6.65. The van der Waals surface area contributed by atoms with Crippen LogP contribution in [0.25, 0.3) is 0 Å². The molecule has 0 bridgehead atoms. The predicted octanol–water partition coefficient (Wildman–Crippen LogP) is 2.70. The molecule has 0 radical (unpaired) electrons. The topological polar surface area (TPSA) is 89.5 Å². The molecule has 0 saturated carbocycles. The molecule has 0 aliphatic rings. The normalized spacial score (nSPS) is 11.8. The number of hydrogen-bond donors (Lipinski definition) is 0. The van der Waals surface area contributed by atoms with Crippen LogP contribution in [0.15, 0.2) is 24.3 Å². The van der Waals surface area contributed by atoms with E-state index in [2.05, 4.69) is 13.2 Å². The summed E-state index contributed by atoms with van der Waals surface area (Å²) in [6, 6.07) is 0. The molecule has 8 nitrogen and oxygen atoms in total. The van der Waals surface area contributed by atoms with E-state index < -0.39 is 29.1 Å². The molecule has 0 aliphatic heterocycles. The van der Waals surface area contributed by atoms with E-state index in [9.17, 15) is 9.59 Å². The van der Waals surface area contributed by atoms with Gasteiger partial charge in [0.05, 0.1) is 26.4 Å². The molecule has 0 N–H and O–H groups in total. The number of carbonyl (C=O) groups is 2. The SMILES string of the molecule is C=C(C)C(=O)OCCO[Si](C)(C)OCCO[Si](C)(C)OCCOC(=O)C(=C)C. The predicted molar refractivity (Wildman–Crippen MR) is 110 cm³/mol. The van der Waals surface area contributed by atoms with Crippen LogP contribution in [0.1, 0.15) is 13.8 Å². The van der Waals surface area contributed by atoms with Crippen LogP contribution in [-0.2, 0) is 36.8 Å². The molecule has 0 heterocycles. The molecular weight excluding hydrogens is 400 g/mol. The fourth-order valence-corrected chi connectivity index (χ4v) is 4.21. The Labute approximate surface area is 170 Å². The minimum atomic E-state index is -2.34. The Morgan fingerprint density at radius 3 is 1.11 bits per heavy atom. The fourth-order valence-electron chi connectivity index (χ4n) is 1.75. The van der Waals surface area contributed by atoms with E-state index in [1.807, 2.05) is 26.2 Å². The molecule has 162 valence electrons. The van der Waals surface area contributed by atoms with E-state index in [0.29, 0.717) is 24.4 Å². The van der Waals surface area contributed by atoms with Crippen LogP contribution in [0.2, 0.25) is 26.2 Å².